The minimum atomic E-state index is -0.767. The summed E-state index contributed by atoms with van der Waals surface area (Å²) in [5.74, 6) is 0.311. The van der Waals surface area contributed by atoms with E-state index in [4.69, 9.17) is 11.6 Å². The average molecular weight is 229 g/mol. The molecule has 1 aromatic rings. The number of hydrogen-bond acceptors (Lipinski definition) is 2. The van der Waals surface area contributed by atoms with Crippen LogP contribution < -0.4 is 0 Å². The van der Waals surface area contributed by atoms with Crippen LogP contribution in [0, 0.1) is 5.92 Å². The van der Waals surface area contributed by atoms with Crippen LogP contribution in [0.4, 0.5) is 0 Å². The third-order valence-electron chi connectivity index (χ3n) is 3.58. The van der Waals surface area contributed by atoms with Gasteiger partial charge in [-0.3, -0.25) is 4.68 Å². The largest absolute Gasteiger partial charge is 0.383 e. The maximum Gasteiger partial charge on any atom is 0.110 e. The summed E-state index contributed by atoms with van der Waals surface area (Å²) in [4.78, 5) is 0. The topological polar surface area (TPSA) is 38.1 Å². The van der Waals surface area contributed by atoms with Crippen molar-refractivity contribution in [3.63, 3.8) is 0 Å². The van der Waals surface area contributed by atoms with Gasteiger partial charge in [0.1, 0.15) is 5.60 Å². The Morgan fingerprint density at radius 3 is 3.00 bits per heavy atom. The van der Waals surface area contributed by atoms with Gasteiger partial charge in [-0.15, -0.1) is 0 Å². The van der Waals surface area contributed by atoms with E-state index in [1.54, 1.807) is 10.9 Å². The van der Waals surface area contributed by atoms with Gasteiger partial charge in [-0.05, 0) is 25.2 Å². The van der Waals surface area contributed by atoms with Gasteiger partial charge >= 0.3 is 0 Å². The Kier molecular flexibility index (Phi) is 2.77. The number of hydrogen-bond donors (Lipinski definition) is 1. The molecule has 3 nitrogen and oxygen atoms in total. The molecule has 0 saturated heterocycles. The summed E-state index contributed by atoms with van der Waals surface area (Å²) in [6, 6.07) is 0. The zero-order chi connectivity index (χ0) is 11.1. The van der Waals surface area contributed by atoms with Crippen LogP contribution >= 0.6 is 11.6 Å². The lowest BCUT2D eigenvalue weighted by Gasteiger charge is -2.30. The van der Waals surface area contributed by atoms with Crippen molar-refractivity contribution in [2.75, 3.05) is 0 Å². The zero-order valence-electron chi connectivity index (χ0n) is 9.20. The van der Waals surface area contributed by atoms with Crippen molar-refractivity contribution in [3.05, 3.63) is 16.9 Å². The van der Waals surface area contributed by atoms with Crippen LogP contribution in [0.5, 0.6) is 0 Å². The van der Waals surface area contributed by atoms with Crippen LogP contribution in [0.2, 0.25) is 5.02 Å². The highest BCUT2D eigenvalue weighted by Crippen LogP contribution is 2.46. The van der Waals surface area contributed by atoms with E-state index in [-0.39, 0.29) is 0 Å². The van der Waals surface area contributed by atoms with Crippen molar-refractivity contribution in [1.29, 1.82) is 0 Å². The highest BCUT2D eigenvalue weighted by Gasteiger charge is 2.44. The van der Waals surface area contributed by atoms with Crippen LogP contribution in [0.1, 0.15) is 38.3 Å². The molecule has 1 heterocycles. The van der Waals surface area contributed by atoms with Crippen LogP contribution in [-0.2, 0) is 12.6 Å². The van der Waals surface area contributed by atoms with E-state index < -0.39 is 5.60 Å². The summed E-state index contributed by atoms with van der Waals surface area (Å²) in [5.41, 5.74) is 0.0189. The van der Waals surface area contributed by atoms with Gasteiger partial charge < -0.3 is 5.11 Å². The Morgan fingerprint density at radius 2 is 2.47 bits per heavy atom. The Balaban J connectivity index is 2.44. The van der Waals surface area contributed by atoms with E-state index in [2.05, 4.69) is 12.0 Å². The van der Waals surface area contributed by atoms with Crippen LogP contribution in [0.3, 0.4) is 0 Å². The Hall–Kier alpha value is -0.540. The molecule has 1 aromatic heterocycles. The van der Waals surface area contributed by atoms with E-state index in [0.29, 0.717) is 10.9 Å². The molecule has 0 radical (unpaired) electrons. The second-order valence-corrected chi connectivity index (χ2v) is 4.79. The third-order valence-corrected chi connectivity index (χ3v) is 3.86. The minimum absolute atomic E-state index is 0.311. The molecule has 2 atom stereocenters. The van der Waals surface area contributed by atoms with Crippen molar-refractivity contribution in [3.8, 4) is 0 Å². The minimum Gasteiger partial charge on any atom is -0.383 e. The second kappa shape index (κ2) is 3.80. The van der Waals surface area contributed by atoms with E-state index >= 15 is 0 Å². The number of nitrogens with zero attached hydrogens (tertiary/aromatic N) is 2. The maximum absolute atomic E-state index is 10.7. The molecule has 4 heteroatoms. The second-order valence-electron chi connectivity index (χ2n) is 4.39. The molecule has 2 unspecified atom stereocenters. The number of aliphatic hydroxyl groups is 1. The summed E-state index contributed by atoms with van der Waals surface area (Å²) in [6.45, 7) is 2.12. The van der Waals surface area contributed by atoms with Gasteiger partial charge in [-0.2, -0.15) is 5.10 Å². The molecule has 0 aliphatic heterocycles. The summed E-state index contributed by atoms with van der Waals surface area (Å²) in [7, 11) is 1.84. The first-order chi connectivity index (χ1) is 7.09. The number of halogens is 1. The highest BCUT2D eigenvalue weighted by molar-refractivity contribution is 6.31. The standard InChI is InChI=1S/C11H17ClN2O/c1-3-8-5-4-6-11(8,15)10-9(12)7-13-14(10)2/h7-8,15H,3-6H2,1-2H3. The van der Waals surface area contributed by atoms with Gasteiger partial charge in [-0.1, -0.05) is 24.9 Å². The molecule has 1 saturated carbocycles. The molecule has 1 aliphatic carbocycles. The molecule has 1 aliphatic rings. The Bertz CT molecular complexity index is 344. The first-order valence-corrected chi connectivity index (χ1v) is 5.87. The average Bonchev–Trinajstić information content (AvgIpc) is 2.71. The number of aromatic nitrogens is 2. The number of rotatable bonds is 2. The lowest BCUT2D eigenvalue weighted by atomic mass is 9.86. The summed E-state index contributed by atoms with van der Waals surface area (Å²) < 4.78 is 1.70. The zero-order valence-corrected chi connectivity index (χ0v) is 9.96. The van der Waals surface area contributed by atoms with Crippen molar-refractivity contribution in [2.24, 2.45) is 13.0 Å². The van der Waals surface area contributed by atoms with Crippen LogP contribution in [-0.4, -0.2) is 14.9 Å². The molecule has 15 heavy (non-hydrogen) atoms. The van der Waals surface area contributed by atoms with Crippen molar-refractivity contribution in [2.45, 2.75) is 38.2 Å². The van der Waals surface area contributed by atoms with E-state index in [1.807, 2.05) is 7.05 Å². The van der Waals surface area contributed by atoms with E-state index in [1.165, 1.54) is 0 Å². The maximum atomic E-state index is 10.7. The van der Waals surface area contributed by atoms with Gasteiger partial charge in [0.2, 0.25) is 0 Å². The first-order valence-electron chi connectivity index (χ1n) is 5.50. The molecule has 1 N–H and O–H groups in total. The van der Waals surface area contributed by atoms with Gasteiger partial charge in [0.25, 0.3) is 0 Å². The fourth-order valence-corrected chi connectivity index (χ4v) is 3.14. The van der Waals surface area contributed by atoms with Crippen LogP contribution in [0.25, 0.3) is 0 Å². The van der Waals surface area contributed by atoms with Gasteiger partial charge in [-0.25, -0.2) is 0 Å². The predicted molar refractivity (Wildman–Crippen MR) is 59.7 cm³/mol. The molecular weight excluding hydrogens is 212 g/mol. The molecular formula is C11H17ClN2O. The van der Waals surface area contributed by atoms with Gasteiger partial charge in [0, 0.05) is 7.05 Å². The molecule has 2 rings (SSSR count). The fraction of sp³-hybridized carbons (Fsp3) is 0.727. The van der Waals surface area contributed by atoms with Crippen molar-refractivity contribution < 1.29 is 5.11 Å². The first kappa shape index (κ1) is 11.0. The SMILES string of the molecule is CCC1CCCC1(O)c1c(Cl)cnn1C. The van der Waals surface area contributed by atoms with Crippen molar-refractivity contribution >= 4 is 11.6 Å². The predicted octanol–water partition coefficient (Wildman–Crippen LogP) is 2.47. The quantitative estimate of drug-likeness (QED) is 0.845. The monoisotopic (exact) mass is 228 g/mol. The fourth-order valence-electron chi connectivity index (χ4n) is 2.81. The molecule has 84 valence electrons. The van der Waals surface area contributed by atoms with Crippen LogP contribution in [0.15, 0.2) is 6.20 Å². The normalized spacial score (nSPS) is 31.1. The highest BCUT2D eigenvalue weighted by atomic mass is 35.5. The van der Waals surface area contributed by atoms with Crippen molar-refractivity contribution in [1.82, 2.24) is 9.78 Å². The lowest BCUT2D eigenvalue weighted by molar-refractivity contribution is -0.0112. The van der Waals surface area contributed by atoms with Gasteiger partial charge in [0.15, 0.2) is 0 Å². The molecule has 1 fully saturated rings. The summed E-state index contributed by atoms with van der Waals surface area (Å²) >= 11 is 6.09. The Morgan fingerprint density at radius 1 is 1.73 bits per heavy atom. The summed E-state index contributed by atoms with van der Waals surface area (Å²) in [5, 5.41) is 15.4. The molecule has 0 bridgehead atoms. The molecule has 0 aromatic carbocycles. The molecule has 0 spiro atoms. The Labute approximate surface area is 95.0 Å². The smallest absolute Gasteiger partial charge is 0.110 e. The van der Waals surface area contributed by atoms with Gasteiger partial charge in [0.05, 0.1) is 16.9 Å². The van der Waals surface area contributed by atoms with E-state index in [0.717, 1.165) is 31.4 Å². The third kappa shape index (κ3) is 1.58. The summed E-state index contributed by atoms with van der Waals surface area (Å²) in [6.07, 6.45) is 5.54. The lowest BCUT2D eigenvalue weighted by Crippen LogP contribution is -2.32. The van der Waals surface area contributed by atoms with E-state index in [9.17, 15) is 5.11 Å². The number of aryl methyl sites for hydroxylation is 1. The molecule has 0 amide bonds.